The summed E-state index contributed by atoms with van der Waals surface area (Å²) in [6.07, 6.45) is 4.29. The van der Waals surface area contributed by atoms with Crippen molar-refractivity contribution in [2.75, 3.05) is 6.54 Å². The van der Waals surface area contributed by atoms with Crippen molar-refractivity contribution in [1.29, 1.82) is 0 Å². The van der Waals surface area contributed by atoms with Crippen molar-refractivity contribution in [2.45, 2.75) is 45.3 Å². The number of halogens is 1. The van der Waals surface area contributed by atoms with Crippen LogP contribution in [0.2, 0.25) is 0 Å². The molecule has 0 heterocycles. The van der Waals surface area contributed by atoms with E-state index in [1.165, 1.54) is 16.7 Å². The fourth-order valence-corrected chi connectivity index (χ4v) is 2.37. The Morgan fingerprint density at radius 2 is 2.06 bits per heavy atom. The number of hydrogen-bond acceptors (Lipinski definition) is 1. The summed E-state index contributed by atoms with van der Waals surface area (Å²) in [5, 5.41) is 3.26. The minimum atomic E-state index is -1.14. The summed E-state index contributed by atoms with van der Waals surface area (Å²) < 4.78 is 13.4. The van der Waals surface area contributed by atoms with E-state index in [1.807, 2.05) is 0 Å². The molecule has 18 heavy (non-hydrogen) atoms. The van der Waals surface area contributed by atoms with E-state index in [9.17, 15) is 4.39 Å². The van der Waals surface area contributed by atoms with Crippen LogP contribution < -0.4 is 5.32 Å². The molecule has 0 amide bonds. The van der Waals surface area contributed by atoms with Crippen LogP contribution in [0.3, 0.4) is 0 Å². The number of fused-ring (bicyclic) bond motifs is 1. The Morgan fingerprint density at radius 1 is 1.33 bits per heavy atom. The average Bonchev–Trinajstić information content (AvgIpc) is 2.70. The van der Waals surface area contributed by atoms with Gasteiger partial charge in [-0.05, 0) is 50.3 Å². The normalized spacial score (nSPS) is 16.3. The molecule has 0 radical (unpaired) electrons. The van der Waals surface area contributed by atoms with Crippen LogP contribution in [0.1, 0.15) is 38.3 Å². The molecule has 0 aliphatic heterocycles. The molecule has 1 aliphatic rings. The highest BCUT2D eigenvalue weighted by Gasteiger charge is 2.19. The first-order valence-corrected chi connectivity index (χ1v) is 6.65. The third-order valence-corrected chi connectivity index (χ3v) is 3.33. The molecule has 1 aromatic carbocycles. The van der Waals surface area contributed by atoms with Gasteiger partial charge in [-0.25, -0.2) is 4.39 Å². The lowest BCUT2D eigenvalue weighted by atomic mass is 10.00. The van der Waals surface area contributed by atoms with Gasteiger partial charge in [0, 0.05) is 12.6 Å². The van der Waals surface area contributed by atoms with E-state index in [0.29, 0.717) is 12.6 Å². The predicted octanol–water partition coefficient (Wildman–Crippen LogP) is 3.74. The molecule has 1 unspecified atom stereocenters. The number of allylic oxidation sites excluding steroid dienone is 1. The van der Waals surface area contributed by atoms with Gasteiger partial charge in [-0.3, -0.25) is 0 Å². The molecule has 0 bridgehead atoms. The second-order valence-corrected chi connectivity index (χ2v) is 5.80. The zero-order chi connectivity index (χ0) is 13.2. The standard InChI is InChI=1S/C16H22FN/c1-12(18-11-16(2,3)17)10-14-9-8-13-6-4-5-7-15(13)14/h4-7,9,12,18H,8,10-11H2,1-3H3. The van der Waals surface area contributed by atoms with Gasteiger partial charge in [0.15, 0.2) is 0 Å². The zero-order valence-corrected chi connectivity index (χ0v) is 11.5. The molecule has 1 aliphatic carbocycles. The highest BCUT2D eigenvalue weighted by molar-refractivity contribution is 5.73. The van der Waals surface area contributed by atoms with Crippen molar-refractivity contribution in [3.8, 4) is 0 Å². The number of benzene rings is 1. The molecule has 1 N–H and O–H groups in total. The van der Waals surface area contributed by atoms with Crippen molar-refractivity contribution in [3.05, 3.63) is 41.5 Å². The summed E-state index contributed by atoms with van der Waals surface area (Å²) in [5.74, 6) is 0. The van der Waals surface area contributed by atoms with Gasteiger partial charge in [0.2, 0.25) is 0 Å². The minimum Gasteiger partial charge on any atom is -0.311 e. The van der Waals surface area contributed by atoms with E-state index in [0.717, 1.165) is 12.8 Å². The zero-order valence-electron chi connectivity index (χ0n) is 11.5. The maximum atomic E-state index is 13.4. The Bertz CT molecular complexity index is 443. The van der Waals surface area contributed by atoms with Gasteiger partial charge in [0.1, 0.15) is 5.67 Å². The molecule has 0 fully saturated rings. The van der Waals surface area contributed by atoms with Crippen LogP contribution in [0, 0.1) is 0 Å². The summed E-state index contributed by atoms with van der Waals surface area (Å²) in [7, 11) is 0. The molecule has 0 spiro atoms. The van der Waals surface area contributed by atoms with Gasteiger partial charge < -0.3 is 5.32 Å². The fraction of sp³-hybridized carbons (Fsp3) is 0.500. The quantitative estimate of drug-likeness (QED) is 0.835. The molecule has 0 saturated heterocycles. The number of alkyl halides is 1. The highest BCUT2D eigenvalue weighted by atomic mass is 19.1. The van der Waals surface area contributed by atoms with Gasteiger partial charge >= 0.3 is 0 Å². The number of rotatable bonds is 5. The van der Waals surface area contributed by atoms with E-state index >= 15 is 0 Å². The first kappa shape index (κ1) is 13.3. The SMILES string of the molecule is CC(CC1=CCc2ccccc21)NCC(C)(C)F. The minimum absolute atomic E-state index is 0.303. The van der Waals surface area contributed by atoms with Gasteiger partial charge in [0.05, 0.1) is 0 Å². The van der Waals surface area contributed by atoms with Gasteiger partial charge in [0.25, 0.3) is 0 Å². The molecular formula is C16H22FN. The smallest absolute Gasteiger partial charge is 0.117 e. The van der Waals surface area contributed by atoms with Crippen LogP contribution in [0.5, 0.6) is 0 Å². The monoisotopic (exact) mass is 247 g/mol. The lowest BCUT2D eigenvalue weighted by Gasteiger charge is -2.20. The predicted molar refractivity (Wildman–Crippen MR) is 75.4 cm³/mol. The Hall–Kier alpha value is -1.15. The van der Waals surface area contributed by atoms with Crippen molar-refractivity contribution in [2.24, 2.45) is 0 Å². The van der Waals surface area contributed by atoms with Gasteiger partial charge in [-0.15, -0.1) is 0 Å². The second kappa shape index (κ2) is 5.23. The van der Waals surface area contributed by atoms with Crippen LogP contribution >= 0.6 is 0 Å². The first-order valence-electron chi connectivity index (χ1n) is 6.65. The highest BCUT2D eigenvalue weighted by Crippen LogP contribution is 2.30. The molecule has 98 valence electrons. The second-order valence-electron chi connectivity index (χ2n) is 5.80. The van der Waals surface area contributed by atoms with E-state index in [4.69, 9.17) is 0 Å². The Balaban J connectivity index is 1.92. The summed E-state index contributed by atoms with van der Waals surface area (Å²) in [6, 6.07) is 8.84. The summed E-state index contributed by atoms with van der Waals surface area (Å²) in [5.41, 5.74) is 3.02. The van der Waals surface area contributed by atoms with Crippen LogP contribution in [-0.4, -0.2) is 18.3 Å². The van der Waals surface area contributed by atoms with Crippen LogP contribution in [0.4, 0.5) is 4.39 Å². The largest absolute Gasteiger partial charge is 0.311 e. The third kappa shape index (κ3) is 3.42. The van der Waals surface area contributed by atoms with Crippen molar-refractivity contribution >= 4 is 5.57 Å². The Kier molecular flexibility index (Phi) is 3.86. The molecule has 2 heteroatoms. The lowest BCUT2D eigenvalue weighted by Crippen LogP contribution is -2.36. The topological polar surface area (TPSA) is 12.0 Å². The molecular weight excluding hydrogens is 225 g/mol. The van der Waals surface area contributed by atoms with Gasteiger partial charge in [-0.1, -0.05) is 30.3 Å². The van der Waals surface area contributed by atoms with E-state index < -0.39 is 5.67 Å². The molecule has 1 aromatic rings. The average molecular weight is 247 g/mol. The summed E-state index contributed by atoms with van der Waals surface area (Å²) >= 11 is 0. The molecule has 1 nitrogen and oxygen atoms in total. The van der Waals surface area contributed by atoms with E-state index in [1.54, 1.807) is 13.8 Å². The Labute approximate surface area is 109 Å². The van der Waals surface area contributed by atoms with Crippen molar-refractivity contribution < 1.29 is 4.39 Å². The van der Waals surface area contributed by atoms with Crippen molar-refractivity contribution in [1.82, 2.24) is 5.32 Å². The van der Waals surface area contributed by atoms with Crippen LogP contribution in [0.15, 0.2) is 30.3 Å². The van der Waals surface area contributed by atoms with Gasteiger partial charge in [-0.2, -0.15) is 0 Å². The van der Waals surface area contributed by atoms with E-state index in [2.05, 4.69) is 42.6 Å². The lowest BCUT2D eigenvalue weighted by molar-refractivity contribution is 0.204. The Morgan fingerprint density at radius 3 is 2.78 bits per heavy atom. The maximum absolute atomic E-state index is 13.4. The third-order valence-electron chi connectivity index (χ3n) is 3.33. The molecule has 0 aromatic heterocycles. The number of hydrogen-bond donors (Lipinski definition) is 1. The molecule has 2 rings (SSSR count). The number of nitrogens with one attached hydrogen (secondary N) is 1. The fourth-order valence-electron chi connectivity index (χ4n) is 2.37. The van der Waals surface area contributed by atoms with Crippen molar-refractivity contribution in [3.63, 3.8) is 0 Å². The maximum Gasteiger partial charge on any atom is 0.117 e. The molecule has 1 atom stereocenters. The van der Waals surface area contributed by atoms with Crippen LogP contribution in [0.25, 0.3) is 5.57 Å². The van der Waals surface area contributed by atoms with Crippen LogP contribution in [-0.2, 0) is 6.42 Å². The summed E-state index contributed by atoms with van der Waals surface area (Å²) in [4.78, 5) is 0. The summed E-state index contributed by atoms with van der Waals surface area (Å²) in [6.45, 7) is 5.74. The first-order chi connectivity index (χ1) is 8.46. The molecule has 0 saturated carbocycles. The van der Waals surface area contributed by atoms with E-state index in [-0.39, 0.29) is 0 Å².